The Morgan fingerprint density at radius 2 is 1.90 bits per heavy atom. The molecule has 158 valence electrons. The number of carbonyl (C=O) groups is 1. The summed E-state index contributed by atoms with van der Waals surface area (Å²) in [4.78, 5) is 21.6. The summed E-state index contributed by atoms with van der Waals surface area (Å²) in [6, 6.07) is 12.5. The normalized spacial score (nSPS) is 11.6. The Morgan fingerprint density at radius 3 is 2.68 bits per heavy atom. The quantitative estimate of drug-likeness (QED) is 0.520. The number of hydrogen-bond donors (Lipinski definition) is 1. The highest BCUT2D eigenvalue weighted by atomic mass is 32.2. The molecule has 8 heteroatoms. The van der Waals surface area contributed by atoms with Gasteiger partial charge in [-0.15, -0.1) is 0 Å². The van der Waals surface area contributed by atoms with Crippen LogP contribution in [-0.4, -0.2) is 35.1 Å². The van der Waals surface area contributed by atoms with Gasteiger partial charge in [0.15, 0.2) is 9.84 Å². The number of carbonyl (C=O) groups excluding carboxylic acids is 1. The average molecular weight is 435 g/mol. The smallest absolute Gasteiger partial charge is 0.251 e. The van der Waals surface area contributed by atoms with Gasteiger partial charge in [0.1, 0.15) is 0 Å². The fourth-order valence-corrected chi connectivity index (χ4v) is 4.46. The molecule has 1 amide bonds. The second-order valence-electron chi connectivity index (χ2n) is 7.53. The Balaban J connectivity index is 1.52. The van der Waals surface area contributed by atoms with Gasteiger partial charge in [0.25, 0.3) is 5.91 Å². The van der Waals surface area contributed by atoms with E-state index in [0.717, 1.165) is 28.4 Å². The van der Waals surface area contributed by atoms with E-state index in [2.05, 4.69) is 15.3 Å². The number of aromatic nitrogens is 3. The molecule has 0 unspecified atom stereocenters. The number of aryl methyl sites for hydroxylation is 2. The van der Waals surface area contributed by atoms with Crippen molar-refractivity contribution >= 4 is 26.6 Å². The van der Waals surface area contributed by atoms with Gasteiger partial charge in [0.2, 0.25) is 0 Å². The number of nitrogens with zero attached hydrogens (tertiary/aromatic N) is 3. The van der Waals surface area contributed by atoms with Crippen molar-refractivity contribution in [2.75, 3.05) is 6.26 Å². The van der Waals surface area contributed by atoms with E-state index in [9.17, 15) is 13.2 Å². The summed E-state index contributed by atoms with van der Waals surface area (Å²) in [6.07, 6.45) is 6.64. The Kier molecular flexibility index (Phi) is 5.32. The van der Waals surface area contributed by atoms with E-state index in [4.69, 9.17) is 0 Å². The highest BCUT2D eigenvalue weighted by Crippen LogP contribution is 2.23. The number of pyridine rings is 2. The number of benzene rings is 1. The Labute approximate surface area is 180 Å². The molecule has 4 rings (SSSR count). The minimum absolute atomic E-state index is 0.155. The second kappa shape index (κ2) is 7.96. The molecule has 0 saturated heterocycles. The molecule has 1 N–H and O–H groups in total. The van der Waals surface area contributed by atoms with E-state index < -0.39 is 9.84 Å². The van der Waals surface area contributed by atoms with Crippen molar-refractivity contribution in [3.05, 3.63) is 77.9 Å². The number of nitrogens with one attached hydrogen (secondary N) is 1. The second-order valence-corrected chi connectivity index (χ2v) is 9.51. The molecule has 3 heterocycles. The standard InChI is InChI=1S/C23H22N4O3S/c1-15-4-5-18(12-22(15)31(3,29)30)23(28)26-13-19-10-16(6-8-24-19)20-11-17-7-9-27(2)21(17)14-25-20/h4-12,14H,13H2,1-3H3,(H,26,28). The van der Waals surface area contributed by atoms with Crippen molar-refractivity contribution < 1.29 is 13.2 Å². The summed E-state index contributed by atoms with van der Waals surface area (Å²) < 4.78 is 25.8. The molecule has 0 aliphatic heterocycles. The molecule has 0 aliphatic rings. The maximum atomic E-state index is 12.6. The molecule has 0 radical (unpaired) electrons. The maximum absolute atomic E-state index is 12.6. The van der Waals surface area contributed by atoms with Crippen molar-refractivity contribution in [3.63, 3.8) is 0 Å². The number of sulfone groups is 1. The highest BCUT2D eigenvalue weighted by molar-refractivity contribution is 7.90. The lowest BCUT2D eigenvalue weighted by atomic mass is 10.1. The van der Waals surface area contributed by atoms with Gasteiger partial charge in [-0.05, 0) is 48.9 Å². The van der Waals surface area contributed by atoms with E-state index >= 15 is 0 Å². The van der Waals surface area contributed by atoms with Crippen LogP contribution in [-0.2, 0) is 23.4 Å². The Hall–Kier alpha value is -3.52. The fourth-order valence-electron chi connectivity index (χ4n) is 3.47. The number of amides is 1. The average Bonchev–Trinajstić information content (AvgIpc) is 3.12. The van der Waals surface area contributed by atoms with Crippen LogP contribution in [0, 0.1) is 6.92 Å². The van der Waals surface area contributed by atoms with E-state index in [0.29, 0.717) is 16.8 Å². The van der Waals surface area contributed by atoms with Gasteiger partial charge in [-0.25, -0.2) is 8.42 Å². The molecule has 0 bridgehead atoms. The van der Waals surface area contributed by atoms with Crippen LogP contribution in [0.5, 0.6) is 0 Å². The predicted octanol–water partition coefficient (Wildman–Crippen LogP) is 3.28. The van der Waals surface area contributed by atoms with Crippen molar-refractivity contribution in [1.29, 1.82) is 0 Å². The zero-order valence-electron chi connectivity index (χ0n) is 17.5. The minimum atomic E-state index is -3.41. The van der Waals surface area contributed by atoms with E-state index in [1.807, 2.05) is 48.3 Å². The first-order valence-electron chi connectivity index (χ1n) is 9.67. The maximum Gasteiger partial charge on any atom is 0.251 e. The van der Waals surface area contributed by atoms with Crippen LogP contribution in [0.15, 0.2) is 66.0 Å². The largest absolute Gasteiger partial charge is 0.349 e. The third kappa shape index (κ3) is 4.34. The van der Waals surface area contributed by atoms with Crippen molar-refractivity contribution in [2.24, 2.45) is 7.05 Å². The predicted molar refractivity (Wildman–Crippen MR) is 119 cm³/mol. The summed E-state index contributed by atoms with van der Waals surface area (Å²) in [5.74, 6) is -0.360. The van der Waals surface area contributed by atoms with Crippen LogP contribution < -0.4 is 5.32 Å². The number of rotatable bonds is 5. The van der Waals surface area contributed by atoms with Crippen LogP contribution in [0.3, 0.4) is 0 Å². The van der Waals surface area contributed by atoms with Gasteiger partial charge in [0.05, 0.1) is 34.5 Å². The van der Waals surface area contributed by atoms with Gasteiger partial charge in [-0.3, -0.25) is 14.8 Å². The van der Waals surface area contributed by atoms with Gasteiger partial charge >= 0.3 is 0 Å². The van der Waals surface area contributed by atoms with Crippen LogP contribution in [0.2, 0.25) is 0 Å². The third-order valence-electron chi connectivity index (χ3n) is 5.16. The van der Waals surface area contributed by atoms with Crippen molar-refractivity contribution in [3.8, 4) is 11.3 Å². The molecule has 31 heavy (non-hydrogen) atoms. The molecular weight excluding hydrogens is 412 g/mol. The first-order valence-corrected chi connectivity index (χ1v) is 11.6. The molecule has 0 saturated carbocycles. The van der Waals surface area contributed by atoms with Crippen LogP contribution in [0.25, 0.3) is 22.2 Å². The monoisotopic (exact) mass is 434 g/mol. The molecule has 0 spiro atoms. The topological polar surface area (TPSA) is 93.9 Å². The first kappa shape index (κ1) is 20.7. The minimum Gasteiger partial charge on any atom is -0.349 e. The molecule has 4 aromatic rings. The number of hydrogen-bond acceptors (Lipinski definition) is 5. The van der Waals surface area contributed by atoms with E-state index in [1.165, 1.54) is 6.07 Å². The van der Waals surface area contributed by atoms with E-state index in [1.54, 1.807) is 25.3 Å². The van der Waals surface area contributed by atoms with Gasteiger partial charge in [0, 0.05) is 42.2 Å². The molecule has 7 nitrogen and oxygen atoms in total. The zero-order chi connectivity index (χ0) is 22.2. The zero-order valence-corrected chi connectivity index (χ0v) is 18.3. The summed E-state index contributed by atoms with van der Waals surface area (Å²) >= 11 is 0. The lowest BCUT2D eigenvalue weighted by molar-refractivity contribution is 0.0950. The Morgan fingerprint density at radius 1 is 1.10 bits per heavy atom. The van der Waals surface area contributed by atoms with Gasteiger partial charge in [-0.1, -0.05) is 6.07 Å². The van der Waals surface area contributed by atoms with Crippen molar-refractivity contribution in [1.82, 2.24) is 19.9 Å². The highest BCUT2D eigenvalue weighted by Gasteiger charge is 2.15. The van der Waals surface area contributed by atoms with Crippen LogP contribution in [0.4, 0.5) is 0 Å². The molecule has 1 aromatic carbocycles. The fraction of sp³-hybridized carbons (Fsp3) is 0.174. The van der Waals surface area contributed by atoms with Crippen LogP contribution >= 0.6 is 0 Å². The first-order chi connectivity index (χ1) is 14.7. The Bertz CT molecular complexity index is 1410. The molecule has 0 fully saturated rings. The lowest BCUT2D eigenvalue weighted by Gasteiger charge is -2.09. The molecule has 0 atom stereocenters. The summed E-state index contributed by atoms with van der Waals surface area (Å²) in [7, 11) is -1.43. The van der Waals surface area contributed by atoms with Gasteiger partial charge in [-0.2, -0.15) is 0 Å². The summed E-state index contributed by atoms with van der Waals surface area (Å²) in [5, 5.41) is 3.90. The lowest BCUT2D eigenvalue weighted by Crippen LogP contribution is -2.23. The van der Waals surface area contributed by atoms with Crippen molar-refractivity contribution in [2.45, 2.75) is 18.4 Å². The number of fused-ring (bicyclic) bond motifs is 1. The van der Waals surface area contributed by atoms with E-state index in [-0.39, 0.29) is 17.3 Å². The SMILES string of the molecule is Cc1ccc(C(=O)NCc2cc(-c3cc4ccn(C)c4cn3)ccn2)cc1S(C)(=O)=O. The molecular formula is C23H22N4O3S. The van der Waals surface area contributed by atoms with Gasteiger partial charge < -0.3 is 9.88 Å². The molecule has 3 aromatic heterocycles. The third-order valence-corrected chi connectivity index (χ3v) is 6.40. The molecule has 0 aliphatic carbocycles. The summed E-state index contributed by atoms with van der Waals surface area (Å²) in [6.45, 7) is 1.91. The van der Waals surface area contributed by atoms with Crippen LogP contribution in [0.1, 0.15) is 21.6 Å². The summed E-state index contributed by atoms with van der Waals surface area (Å²) in [5.41, 5.74) is 4.35.